The zero-order valence-corrected chi connectivity index (χ0v) is 17.9. The number of anilines is 3. The van der Waals surface area contributed by atoms with Gasteiger partial charge in [0.2, 0.25) is 0 Å². The Bertz CT molecular complexity index is 890. The van der Waals surface area contributed by atoms with E-state index in [0.29, 0.717) is 17.9 Å². The van der Waals surface area contributed by atoms with Gasteiger partial charge in [0.1, 0.15) is 5.60 Å². The molecule has 9 nitrogen and oxygen atoms in total. The van der Waals surface area contributed by atoms with E-state index in [1.807, 2.05) is 26.8 Å². The van der Waals surface area contributed by atoms with Crippen LogP contribution in [0.25, 0.3) is 10.3 Å². The average molecular weight is 421 g/mol. The molecule has 0 bridgehead atoms. The number of nitrogens with zero attached hydrogens (tertiary/aromatic N) is 4. The van der Waals surface area contributed by atoms with Gasteiger partial charge in [0.05, 0.1) is 29.6 Å². The van der Waals surface area contributed by atoms with Crippen molar-refractivity contribution in [2.45, 2.75) is 38.8 Å². The monoisotopic (exact) mass is 420 g/mol. The first-order valence-electron chi connectivity index (χ1n) is 9.93. The molecule has 0 aromatic carbocycles. The lowest BCUT2D eigenvalue weighted by Gasteiger charge is -2.25. The van der Waals surface area contributed by atoms with Crippen LogP contribution in [0.3, 0.4) is 0 Å². The largest absolute Gasteiger partial charge is 0.444 e. The van der Waals surface area contributed by atoms with Crippen LogP contribution in [0.1, 0.15) is 27.2 Å². The number of aromatic nitrogens is 2. The quantitative estimate of drug-likeness (QED) is 0.779. The minimum absolute atomic E-state index is 0.00101. The normalized spacial score (nSPS) is 20.3. The fourth-order valence-electron chi connectivity index (χ4n) is 3.55. The zero-order chi connectivity index (χ0) is 20.6. The topological polar surface area (TPSA) is 106 Å². The number of amides is 1. The Morgan fingerprint density at radius 3 is 2.76 bits per heavy atom. The van der Waals surface area contributed by atoms with Crippen molar-refractivity contribution in [3.8, 4) is 0 Å². The van der Waals surface area contributed by atoms with Crippen LogP contribution in [-0.4, -0.2) is 67.1 Å². The molecule has 2 aromatic rings. The second-order valence-electron chi connectivity index (χ2n) is 8.40. The number of nitrogen functional groups attached to an aromatic ring is 1. The highest BCUT2D eigenvalue weighted by Crippen LogP contribution is 2.34. The molecule has 29 heavy (non-hydrogen) atoms. The molecule has 4 rings (SSSR count). The fraction of sp³-hybridized carbons (Fsp3) is 0.632. The summed E-state index contributed by atoms with van der Waals surface area (Å²) in [6, 6.07) is 1.95. The van der Waals surface area contributed by atoms with Crippen molar-refractivity contribution in [1.29, 1.82) is 0 Å². The maximum Gasteiger partial charge on any atom is 0.407 e. The number of morpholine rings is 1. The van der Waals surface area contributed by atoms with Crippen LogP contribution in [0.2, 0.25) is 0 Å². The van der Waals surface area contributed by atoms with Crippen LogP contribution >= 0.6 is 11.3 Å². The second kappa shape index (κ2) is 7.83. The van der Waals surface area contributed by atoms with E-state index < -0.39 is 11.7 Å². The van der Waals surface area contributed by atoms with Crippen molar-refractivity contribution in [2.75, 3.05) is 54.9 Å². The van der Waals surface area contributed by atoms with Gasteiger partial charge in [-0.1, -0.05) is 11.3 Å². The summed E-state index contributed by atoms with van der Waals surface area (Å²) in [5.41, 5.74) is 7.15. The molecule has 10 heteroatoms. The Kier molecular flexibility index (Phi) is 5.39. The lowest BCUT2D eigenvalue weighted by atomic mass is 10.2. The van der Waals surface area contributed by atoms with Gasteiger partial charge in [0.15, 0.2) is 16.6 Å². The highest BCUT2D eigenvalue weighted by molar-refractivity contribution is 7.22. The molecular weight excluding hydrogens is 392 g/mol. The van der Waals surface area contributed by atoms with Gasteiger partial charge in [-0.05, 0) is 33.3 Å². The first-order valence-corrected chi connectivity index (χ1v) is 10.7. The first kappa shape index (κ1) is 20.0. The second-order valence-corrected chi connectivity index (χ2v) is 9.41. The number of hydrogen-bond donors (Lipinski definition) is 2. The minimum atomic E-state index is -0.512. The van der Waals surface area contributed by atoms with Crippen LogP contribution in [-0.2, 0) is 9.47 Å². The van der Waals surface area contributed by atoms with E-state index in [0.717, 1.165) is 54.9 Å². The highest BCUT2D eigenvalue weighted by atomic mass is 32.1. The number of hydrogen-bond acceptors (Lipinski definition) is 9. The Hall–Kier alpha value is -2.33. The molecule has 0 spiro atoms. The molecule has 158 valence electrons. The first-order chi connectivity index (χ1) is 13.8. The van der Waals surface area contributed by atoms with Gasteiger partial charge in [-0.15, -0.1) is 0 Å². The molecule has 0 saturated carbocycles. The van der Waals surface area contributed by atoms with Crippen LogP contribution in [0, 0.1) is 0 Å². The van der Waals surface area contributed by atoms with Gasteiger partial charge in [-0.2, -0.15) is 4.98 Å². The van der Waals surface area contributed by atoms with E-state index in [-0.39, 0.29) is 6.04 Å². The summed E-state index contributed by atoms with van der Waals surface area (Å²) in [4.78, 5) is 25.8. The van der Waals surface area contributed by atoms with E-state index in [9.17, 15) is 4.79 Å². The molecule has 3 N–H and O–H groups in total. The van der Waals surface area contributed by atoms with Crippen LogP contribution < -0.4 is 20.9 Å². The third-order valence-corrected chi connectivity index (χ3v) is 5.92. The summed E-state index contributed by atoms with van der Waals surface area (Å²) in [7, 11) is 0. The number of pyridine rings is 1. The molecule has 0 unspecified atom stereocenters. The van der Waals surface area contributed by atoms with Crippen molar-refractivity contribution in [2.24, 2.45) is 0 Å². The van der Waals surface area contributed by atoms with Crippen molar-refractivity contribution in [3.63, 3.8) is 0 Å². The highest BCUT2D eigenvalue weighted by Gasteiger charge is 2.28. The number of ether oxygens (including phenoxy) is 2. The number of fused-ring (bicyclic) bond motifs is 1. The SMILES string of the molecule is CC(C)(C)OC(=O)N[C@H]1CCN(c2nc3nc(N4CCOCC4)sc3cc2N)C1. The third-order valence-electron chi connectivity index (χ3n) is 4.87. The number of carbonyl (C=O) groups excluding carboxylic acids is 1. The smallest absolute Gasteiger partial charge is 0.407 e. The zero-order valence-electron chi connectivity index (χ0n) is 17.1. The van der Waals surface area contributed by atoms with Crippen molar-refractivity contribution in [1.82, 2.24) is 15.3 Å². The Morgan fingerprint density at radius 1 is 1.28 bits per heavy atom. The number of carbonyl (C=O) groups is 1. The molecule has 2 saturated heterocycles. The molecule has 2 aromatic heterocycles. The lowest BCUT2D eigenvalue weighted by molar-refractivity contribution is 0.0509. The minimum Gasteiger partial charge on any atom is -0.444 e. The summed E-state index contributed by atoms with van der Waals surface area (Å²) in [6.45, 7) is 10.1. The number of alkyl carbamates (subject to hydrolysis) is 1. The van der Waals surface area contributed by atoms with E-state index in [2.05, 4.69) is 15.1 Å². The molecule has 0 aliphatic carbocycles. The van der Waals surface area contributed by atoms with Crippen molar-refractivity contribution < 1.29 is 14.3 Å². The molecule has 1 atom stereocenters. The maximum absolute atomic E-state index is 12.0. The number of thiazole rings is 1. The Balaban J connectivity index is 1.46. The van der Waals surface area contributed by atoms with E-state index in [1.165, 1.54) is 0 Å². The predicted octanol–water partition coefficient (Wildman–Crippen LogP) is 2.21. The van der Waals surface area contributed by atoms with Crippen LogP contribution in [0.5, 0.6) is 0 Å². The molecular formula is C19H28N6O3S. The Morgan fingerprint density at radius 2 is 2.03 bits per heavy atom. The summed E-state index contributed by atoms with van der Waals surface area (Å²) >= 11 is 1.61. The third kappa shape index (κ3) is 4.64. The van der Waals surface area contributed by atoms with Gasteiger partial charge in [-0.3, -0.25) is 0 Å². The predicted molar refractivity (Wildman–Crippen MR) is 115 cm³/mol. The number of nitrogens with two attached hydrogens (primary N) is 1. The van der Waals surface area contributed by atoms with Gasteiger partial charge >= 0.3 is 6.09 Å². The molecule has 0 radical (unpaired) electrons. The molecule has 1 amide bonds. The fourth-order valence-corrected chi connectivity index (χ4v) is 4.55. The summed E-state index contributed by atoms with van der Waals surface area (Å²) in [6.07, 6.45) is 0.421. The van der Waals surface area contributed by atoms with E-state index in [1.54, 1.807) is 11.3 Å². The molecule has 2 fully saturated rings. The molecule has 2 aliphatic heterocycles. The number of rotatable bonds is 3. The molecule has 2 aliphatic rings. The van der Waals surface area contributed by atoms with E-state index >= 15 is 0 Å². The van der Waals surface area contributed by atoms with E-state index in [4.69, 9.17) is 25.2 Å². The van der Waals surface area contributed by atoms with Crippen LogP contribution in [0.15, 0.2) is 6.07 Å². The van der Waals surface area contributed by atoms with Gasteiger partial charge in [-0.25, -0.2) is 9.78 Å². The molecule has 4 heterocycles. The number of nitrogens with one attached hydrogen (secondary N) is 1. The average Bonchev–Trinajstić information content (AvgIpc) is 3.26. The Labute approximate surface area is 174 Å². The van der Waals surface area contributed by atoms with Crippen molar-refractivity contribution in [3.05, 3.63) is 6.07 Å². The standard InChI is InChI=1S/C19H28N6O3S/c1-19(2,3)28-18(26)21-12-4-5-25(11-12)16-13(20)10-14-15(22-16)23-17(29-14)24-6-8-27-9-7-24/h10,12H,4-9,11,20H2,1-3H3,(H,21,26)/t12-/m0/s1. The van der Waals surface area contributed by atoms with Gasteiger partial charge in [0, 0.05) is 26.2 Å². The lowest BCUT2D eigenvalue weighted by Crippen LogP contribution is -2.40. The van der Waals surface area contributed by atoms with Crippen molar-refractivity contribution >= 4 is 44.4 Å². The maximum atomic E-state index is 12.0. The summed E-state index contributed by atoms with van der Waals surface area (Å²) in [5, 5.41) is 3.89. The summed E-state index contributed by atoms with van der Waals surface area (Å²) in [5.74, 6) is 0.727. The van der Waals surface area contributed by atoms with Crippen LogP contribution in [0.4, 0.5) is 21.4 Å². The summed E-state index contributed by atoms with van der Waals surface area (Å²) < 4.78 is 11.8. The van der Waals surface area contributed by atoms with Gasteiger partial charge < -0.3 is 30.3 Å². The van der Waals surface area contributed by atoms with Gasteiger partial charge in [0.25, 0.3) is 0 Å².